The van der Waals surface area contributed by atoms with Gasteiger partial charge in [0.25, 0.3) is 0 Å². The molecule has 4 aromatic rings. The maximum Gasteiger partial charge on any atom is 0.147 e. The molecule has 0 radical (unpaired) electrons. The van der Waals surface area contributed by atoms with E-state index >= 15 is 0 Å². The molecule has 0 aliphatic rings. The van der Waals surface area contributed by atoms with E-state index in [-0.39, 0.29) is 0 Å². The summed E-state index contributed by atoms with van der Waals surface area (Å²) >= 11 is 1.63. The number of aryl methyl sites for hydroxylation is 2. The van der Waals surface area contributed by atoms with Crippen molar-refractivity contribution in [3.8, 4) is 5.75 Å². The molecule has 0 saturated carbocycles. The molecule has 3 aromatic heterocycles. The highest BCUT2D eigenvalue weighted by molar-refractivity contribution is 7.26. The number of thiophene rings is 1. The van der Waals surface area contributed by atoms with Crippen LogP contribution in [0.2, 0.25) is 0 Å². The van der Waals surface area contributed by atoms with E-state index in [4.69, 9.17) is 4.74 Å². The third-order valence-electron chi connectivity index (χ3n) is 4.41. The molecule has 1 aromatic carbocycles. The number of ether oxygens (including phenoxy) is 1. The van der Waals surface area contributed by atoms with Gasteiger partial charge < -0.3 is 10.1 Å². The first kappa shape index (κ1) is 15.8. The quantitative estimate of drug-likeness (QED) is 0.588. The molecule has 0 atom stereocenters. The van der Waals surface area contributed by atoms with Gasteiger partial charge in [0.05, 0.1) is 17.5 Å². The Morgan fingerprint density at radius 3 is 2.64 bits per heavy atom. The number of rotatable bonds is 4. The molecule has 25 heavy (non-hydrogen) atoms. The first-order valence-corrected chi connectivity index (χ1v) is 8.87. The summed E-state index contributed by atoms with van der Waals surface area (Å²) in [4.78, 5) is 5.49. The third kappa shape index (κ3) is 2.78. The molecule has 126 valence electrons. The Kier molecular flexibility index (Phi) is 3.97. The third-order valence-corrected chi connectivity index (χ3v) is 5.51. The van der Waals surface area contributed by atoms with Crippen molar-refractivity contribution in [2.24, 2.45) is 0 Å². The second-order valence-corrected chi connectivity index (χ2v) is 6.93. The molecule has 0 spiro atoms. The first-order valence-electron chi connectivity index (χ1n) is 8.05. The topological polar surface area (TPSA) is 59.9 Å². The van der Waals surface area contributed by atoms with Gasteiger partial charge in [0.2, 0.25) is 0 Å². The molecule has 5 nitrogen and oxygen atoms in total. The van der Waals surface area contributed by atoms with Crippen LogP contribution in [0, 0.1) is 13.8 Å². The van der Waals surface area contributed by atoms with Crippen molar-refractivity contribution < 1.29 is 4.74 Å². The molecule has 0 aliphatic heterocycles. The number of aromatic nitrogens is 3. The van der Waals surface area contributed by atoms with Crippen molar-refractivity contribution in [3.05, 3.63) is 53.3 Å². The number of hydrogen-bond acceptors (Lipinski definition) is 6. The van der Waals surface area contributed by atoms with Crippen molar-refractivity contribution in [2.75, 3.05) is 12.4 Å². The Morgan fingerprint density at radius 1 is 1.08 bits per heavy atom. The Morgan fingerprint density at radius 2 is 1.88 bits per heavy atom. The zero-order chi connectivity index (χ0) is 17.4. The summed E-state index contributed by atoms with van der Waals surface area (Å²) in [6.07, 6.45) is 1.85. The van der Waals surface area contributed by atoms with Gasteiger partial charge in [-0.05, 0) is 43.2 Å². The highest BCUT2D eigenvalue weighted by Crippen LogP contribution is 2.37. The molecular formula is C19H18N4OS. The maximum atomic E-state index is 5.20. The number of nitrogens with one attached hydrogen (secondary N) is 1. The van der Waals surface area contributed by atoms with E-state index in [9.17, 15) is 0 Å². The Balaban J connectivity index is 1.71. The lowest BCUT2D eigenvalue weighted by molar-refractivity contribution is 0.414. The van der Waals surface area contributed by atoms with Crippen LogP contribution in [0.25, 0.3) is 20.3 Å². The number of pyridine rings is 1. The number of fused-ring (bicyclic) bond motifs is 3. The fraction of sp³-hybridized carbons (Fsp3) is 0.211. The molecule has 0 unspecified atom stereocenters. The lowest BCUT2D eigenvalue weighted by Crippen LogP contribution is -2.01. The van der Waals surface area contributed by atoms with Gasteiger partial charge in [0.15, 0.2) is 0 Å². The fourth-order valence-electron chi connectivity index (χ4n) is 2.88. The zero-order valence-corrected chi connectivity index (χ0v) is 15.1. The molecule has 0 saturated heterocycles. The predicted molar refractivity (Wildman–Crippen MR) is 103 cm³/mol. The summed E-state index contributed by atoms with van der Waals surface area (Å²) in [6.45, 7) is 4.80. The molecule has 3 heterocycles. The summed E-state index contributed by atoms with van der Waals surface area (Å²) < 4.78 is 6.32. The van der Waals surface area contributed by atoms with Crippen LogP contribution in [0.15, 0.2) is 36.5 Å². The number of benzene rings is 1. The van der Waals surface area contributed by atoms with Crippen LogP contribution >= 0.6 is 11.3 Å². The van der Waals surface area contributed by atoms with Crippen molar-refractivity contribution in [1.29, 1.82) is 0 Å². The van der Waals surface area contributed by atoms with Crippen LogP contribution in [0.3, 0.4) is 0 Å². The highest BCUT2D eigenvalue weighted by atomic mass is 32.1. The molecule has 1 N–H and O–H groups in total. The fourth-order valence-corrected chi connectivity index (χ4v) is 4.02. The van der Waals surface area contributed by atoms with Gasteiger partial charge in [-0.2, -0.15) is 5.10 Å². The smallest absolute Gasteiger partial charge is 0.147 e. The van der Waals surface area contributed by atoms with E-state index in [1.165, 1.54) is 21.9 Å². The van der Waals surface area contributed by atoms with Crippen molar-refractivity contribution in [3.63, 3.8) is 0 Å². The average molecular weight is 350 g/mol. The molecular weight excluding hydrogens is 332 g/mol. The summed E-state index contributed by atoms with van der Waals surface area (Å²) in [6, 6.07) is 10.1. The maximum absolute atomic E-state index is 5.20. The summed E-state index contributed by atoms with van der Waals surface area (Å²) in [5, 5.41) is 14.4. The van der Waals surface area contributed by atoms with Crippen molar-refractivity contribution in [2.45, 2.75) is 20.4 Å². The number of nitrogens with zero attached hydrogens (tertiary/aromatic N) is 3. The van der Waals surface area contributed by atoms with E-state index in [0.29, 0.717) is 6.54 Å². The van der Waals surface area contributed by atoms with E-state index in [1.807, 2.05) is 25.3 Å². The van der Waals surface area contributed by atoms with Crippen LogP contribution in [-0.4, -0.2) is 22.3 Å². The lowest BCUT2D eigenvalue weighted by atomic mass is 10.1. The first-order chi connectivity index (χ1) is 12.2. The SMILES string of the molecule is COc1ccc(CNc2nccc3c2sc2nnc(C)c(C)c23)cc1. The second kappa shape index (κ2) is 6.29. The number of anilines is 1. The van der Waals surface area contributed by atoms with Gasteiger partial charge in [0.1, 0.15) is 16.4 Å². The molecule has 0 fully saturated rings. The van der Waals surface area contributed by atoms with Crippen LogP contribution in [0.4, 0.5) is 5.82 Å². The highest BCUT2D eigenvalue weighted by Gasteiger charge is 2.14. The van der Waals surface area contributed by atoms with Crippen LogP contribution in [-0.2, 0) is 6.54 Å². The monoisotopic (exact) mass is 350 g/mol. The van der Waals surface area contributed by atoms with Crippen LogP contribution in [0.1, 0.15) is 16.8 Å². The Hall–Kier alpha value is -2.73. The van der Waals surface area contributed by atoms with E-state index in [2.05, 4.69) is 45.6 Å². The van der Waals surface area contributed by atoms with Crippen LogP contribution in [0.5, 0.6) is 5.75 Å². The lowest BCUT2D eigenvalue weighted by Gasteiger charge is -2.07. The van der Waals surface area contributed by atoms with Gasteiger partial charge in [-0.1, -0.05) is 12.1 Å². The van der Waals surface area contributed by atoms with Gasteiger partial charge in [-0.3, -0.25) is 0 Å². The van der Waals surface area contributed by atoms with E-state index in [0.717, 1.165) is 26.8 Å². The van der Waals surface area contributed by atoms with E-state index in [1.54, 1.807) is 18.4 Å². The largest absolute Gasteiger partial charge is 0.497 e. The van der Waals surface area contributed by atoms with E-state index < -0.39 is 0 Å². The van der Waals surface area contributed by atoms with Crippen molar-refractivity contribution >= 4 is 37.5 Å². The van der Waals surface area contributed by atoms with Gasteiger partial charge in [0, 0.05) is 23.5 Å². The summed E-state index contributed by atoms with van der Waals surface area (Å²) in [5.74, 6) is 1.74. The Labute approximate surface area is 149 Å². The number of hydrogen-bond donors (Lipinski definition) is 1. The second-order valence-electron chi connectivity index (χ2n) is 5.93. The summed E-state index contributed by atoms with van der Waals surface area (Å²) in [5.41, 5.74) is 3.33. The van der Waals surface area contributed by atoms with Gasteiger partial charge in [-0.25, -0.2) is 4.98 Å². The minimum atomic E-state index is 0.702. The standard InChI is InChI=1S/C19H18N4OS/c1-11-12(2)22-23-19-16(11)15-8-9-20-18(17(15)25-19)21-10-13-4-6-14(24-3)7-5-13/h4-9H,10H2,1-3H3,(H,20,21). The van der Waals surface area contributed by atoms with Crippen molar-refractivity contribution in [1.82, 2.24) is 15.2 Å². The number of methoxy groups -OCH3 is 1. The Bertz CT molecular complexity index is 1060. The molecule has 0 amide bonds. The minimum Gasteiger partial charge on any atom is -0.497 e. The average Bonchev–Trinajstić information content (AvgIpc) is 3.03. The molecule has 0 aliphatic carbocycles. The van der Waals surface area contributed by atoms with Gasteiger partial charge in [-0.15, -0.1) is 16.4 Å². The molecule has 0 bridgehead atoms. The predicted octanol–water partition coefficient (Wildman–Crippen LogP) is 4.48. The summed E-state index contributed by atoms with van der Waals surface area (Å²) in [7, 11) is 1.67. The zero-order valence-electron chi connectivity index (χ0n) is 14.3. The molecule has 4 rings (SSSR count). The minimum absolute atomic E-state index is 0.702. The van der Waals surface area contributed by atoms with Crippen LogP contribution < -0.4 is 10.1 Å². The molecule has 6 heteroatoms. The normalized spacial score (nSPS) is 11.2. The van der Waals surface area contributed by atoms with Gasteiger partial charge >= 0.3 is 0 Å².